The molecule has 13 heteroatoms. The molecule has 0 fully saturated rings. The standard InChI is InChI=1S/C24H29N7O6/c1-13-8-9-15(11-16(13)27-22(33)36-7)26-20-19(21(32)35-6)25-12-18(29-20)28-17-10-14(2)31(30-17)23(34)37-24(3,4)5/h8-12H,1-7H3,(H,27,33)(H2,26,28,29,30). The predicted octanol–water partition coefficient (Wildman–Crippen LogP) is 4.53. The lowest BCUT2D eigenvalue weighted by Gasteiger charge is -2.19. The van der Waals surface area contributed by atoms with Crippen LogP contribution in [0.3, 0.4) is 0 Å². The molecule has 3 aromatic rings. The van der Waals surface area contributed by atoms with Crippen molar-refractivity contribution in [3.05, 3.63) is 47.4 Å². The van der Waals surface area contributed by atoms with Crippen LogP contribution < -0.4 is 16.0 Å². The van der Waals surface area contributed by atoms with Crippen molar-refractivity contribution in [2.24, 2.45) is 0 Å². The Morgan fingerprint density at radius 2 is 1.70 bits per heavy atom. The van der Waals surface area contributed by atoms with Gasteiger partial charge < -0.3 is 24.8 Å². The Bertz CT molecular complexity index is 1330. The van der Waals surface area contributed by atoms with Crippen molar-refractivity contribution in [3.8, 4) is 0 Å². The van der Waals surface area contributed by atoms with Gasteiger partial charge in [0.15, 0.2) is 23.1 Å². The van der Waals surface area contributed by atoms with Crippen molar-refractivity contribution in [3.63, 3.8) is 0 Å². The third kappa shape index (κ3) is 6.93. The minimum atomic E-state index is -0.702. The van der Waals surface area contributed by atoms with Crippen LogP contribution in [0.2, 0.25) is 0 Å². The number of methoxy groups -OCH3 is 2. The molecule has 0 saturated carbocycles. The molecular weight excluding hydrogens is 482 g/mol. The normalized spacial score (nSPS) is 10.9. The average Bonchev–Trinajstić information content (AvgIpc) is 3.19. The van der Waals surface area contributed by atoms with Crippen LogP contribution in [0.5, 0.6) is 0 Å². The summed E-state index contributed by atoms with van der Waals surface area (Å²) >= 11 is 0. The number of aromatic nitrogens is 4. The lowest BCUT2D eigenvalue weighted by molar-refractivity contribution is 0.0510. The lowest BCUT2D eigenvalue weighted by Crippen LogP contribution is -2.28. The van der Waals surface area contributed by atoms with Crippen LogP contribution in [0.4, 0.5) is 38.4 Å². The zero-order chi connectivity index (χ0) is 27.3. The molecule has 0 unspecified atom stereocenters. The molecule has 37 heavy (non-hydrogen) atoms. The Balaban J connectivity index is 1.90. The maximum atomic E-state index is 12.4. The number of ether oxygens (including phenoxy) is 3. The number of nitrogens with one attached hydrogen (secondary N) is 3. The van der Waals surface area contributed by atoms with Gasteiger partial charge in [-0.2, -0.15) is 4.68 Å². The number of amides is 1. The number of carbonyl (C=O) groups is 3. The van der Waals surface area contributed by atoms with Gasteiger partial charge in [-0.25, -0.2) is 24.4 Å². The highest BCUT2D eigenvalue weighted by Gasteiger charge is 2.21. The van der Waals surface area contributed by atoms with Crippen molar-refractivity contribution < 1.29 is 28.6 Å². The van der Waals surface area contributed by atoms with Gasteiger partial charge in [0.1, 0.15) is 5.60 Å². The molecule has 0 spiro atoms. The number of hydrogen-bond acceptors (Lipinski definition) is 11. The van der Waals surface area contributed by atoms with Crippen molar-refractivity contribution in [2.45, 2.75) is 40.2 Å². The minimum Gasteiger partial charge on any atom is -0.464 e. The van der Waals surface area contributed by atoms with E-state index >= 15 is 0 Å². The van der Waals surface area contributed by atoms with Gasteiger partial charge in [0, 0.05) is 23.1 Å². The second-order valence-electron chi connectivity index (χ2n) is 8.90. The first-order chi connectivity index (χ1) is 17.4. The van der Waals surface area contributed by atoms with E-state index in [1.807, 2.05) is 6.92 Å². The highest BCUT2D eigenvalue weighted by atomic mass is 16.6. The summed E-state index contributed by atoms with van der Waals surface area (Å²) in [7, 11) is 2.50. The fourth-order valence-corrected chi connectivity index (χ4v) is 3.07. The summed E-state index contributed by atoms with van der Waals surface area (Å²) in [5.41, 5.74) is 1.61. The lowest BCUT2D eigenvalue weighted by atomic mass is 10.2. The number of esters is 1. The van der Waals surface area contributed by atoms with Gasteiger partial charge in [-0.15, -0.1) is 5.10 Å². The second kappa shape index (κ2) is 10.9. The third-order valence-electron chi connectivity index (χ3n) is 4.78. The van der Waals surface area contributed by atoms with Gasteiger partial charge in [0.2, 0.25) is 0 Å². The van der Waals surface area contributed by atoms with Gasteiger partial charge in [0.25, 0.3) is 0 Å². The molecule has 0 bridgehead atoms. The number of aryl methyl sites for hydroxylation is 2. The smallest absolute Gasteiger partial charge is 0.435 e. The summed E-state index contributed by atoms with van der Waals surface area (Å²) in [4.78, 5) is 45.0. The van der Waals surface area contributed by atoms with Gasteiger partial charge in [-0.05, 0) is 52.3 Å². The fourth-order valence-electron chi connectivity index (χ4n) is 3.07. The molecule has 1 aromatic carbocycles. The maximum Gasteiger partial charge on any atom is 0.435 e. The number of anilines is 5. The van der Waals surface area contributed by atoms with Crippen LogP contribution in [0.25, 0.3) is 0 Å². The van der Waals surface area contributed by atoms with Gasteiger partial charge >= 0.3 is 18.2 Å². The second-order valence-corrected chi connectivity index (χ2v) is 8.90. The zero-order valence-electron chi connectivity index (χ0n) is 21.6. The van der Waals surface area contributed by atoms with Crippen LogP contribution in [0.15, 0.2) is 30.5 Å². The highest BCUT2D eigenvalue weighted by molar-refractivity contribution is 5.94. The Morgan fingerprint density at radius 1 is 0.973 bits per heavy atom. The number of hydrogen-bond donors (Lipinski definition) is 3. The molecule has 0 aliphatic heterocycles. The highest BCUT2D eigenvalue weighted by Crippen LogP contribution is 2.26. The van der Waals surface area contributed by atoms with Gasteiger partial charge in [-0.3, -0.25) is 5.32 Å². The Labute approximate surface area is 213 Å². The SMILES string of the molecule is COC(=O)Nc1cc(Nc2nc(Nc3cc(C)n(C(=O)OC(C)(C)C)n3)cnc2C(=O)OC)ccc1C. The largest absolute Gasteiger partial charge is 0.464 e. The van der Waals surface area contributed by atoms with E-state index < -0.39 is 23.8 Å². The molecule has 13 nitrogen and oxygen atoms in total. The van der Waals surface area contributed by atoms with E-state index in [1.54, 1.807) is 52.0 Å². The van der Waals surface area contributed by atoms with E-state index in [-0.39, 0.29) is 17.3 Å². The van der Waals surface area contributed by atoms with E-state index in [9.17, 15) is 14.4 Å². The molecule has 3 N–H and O–H groups in total. The number of rotatable bonds is 6. The third-order valence-corrected chi connectivity index (χ3v) is 4.78. The summed E-state index contributed by atoms with van der Waals surface area (Å²) in [6, 6.07) is 6.80. The molecule has 2 aromatic heterocycles. The van der Waals surface area contributed by atoms with Gasteiger partial charge in [-0.1, -0.05) is 6.07 Å². The number of carbonyl (C=O) groups excluding carboxylic acids is 3. The minimum absolute atomic E-state index is 0.0634. The van der Waals surface area contributed by atoms with Crippen molar-refractivity contribution in [1.82, 2.24) is 19.7 Å². The van der Waals surface area contributed by atoms with E-state index in [0.717, 1.165) is 10.2 Å². The summed E-state index contributed by atoms with van der Waals surface area (Å²) in [5.74, 6) is -0.0574. The average molecular weight is 512 g/mol. The van der Waals surface area contributed by atoms with E-state index in [2.05, 4.69) is 35.8 Å². The zero-order valence-corrected chi connectivity index (χ0v) is 21.6. The van der Waals surface area contributed by atoms with Crippen molar-refractivity contribution >= 4 is 47.0 Å². The van der Waals surface area contributed by atoms with Crippen LogP contribution in [0.1, 0.15) is 42.5 Å². The summed E-state index contributed by atoms with van der Waals surface area (Å²) in [6.45, 7) is 8.81. The molecule has 0 aliphatic carbocycles. The fraction of sp³-hybridized carbons (Fsp3) is 0.333. The first kappa shape index (κ1) is 26.9. The van der Waals surface area contributed by atoms with Crippen LogP contribution >= 0.6 is 0 Å². The first-order valence-corrected chi connectivity index (χ1v) is 11.1. The van der Waals surface area contributed by atoms with E-state index in [4.69, 9.17) is 9.47 Å². The molecule has 1 amide bonds. The van der Waals surface area contributed by atoms with Crippen molar-refractivity contribution in [1.29, 1.82) is 0 Å². The molecule has 2 heterocycles. The van der Waals surface area contributed by atoms with Crippen molar-refractivity contribution in [2.75, 3.05) is 30.2 Å². The molecule has 3 rings (SSSR count). The van der Waals surface area contributed by atoms with Gasteiger partial charge in [0.05, 0.1) is 20.4 Å². The first-order valence-electron chi connectivity index (χ1n) is 11.1. The van der Waals surface area contributed by atoms with Crippen LogP contribution in [-0.2, 0) is 14.2 Å². The molecule has 0 saturated heterocycles. The molecule has 0 aliphatic rings. The maximum absolute atomic E-state index is 12.4. The van der Waals surface area contributed by atoms with E-state index in [0.29, 0.717) is 22.9 Å². The topological polar surface area (TPSA) is 159 Å². The molecule has 196 valence electrons. The van der Waals surface area contributed by atoms with Crippen LogP contribution in [0, 0.1) is 13.8 Å². The molecule has 0 atom stereocenters. The summed E-state index contributed by atoms with van der Waals surface area (Å²) < 4.78 is 16.0. The van der Waals surface area contributed by atoms with Crippen LogP contribution in [-0.4, -0.2) is 57.7 Å². The Morgan fingerprint density at radius 3 is 2.35 bits per heavy atom. The van der Waals surface area contributed by atoms with E-state index in [1.165, 1.54) is 20.4 Å². The quantitative estimate of drug-likeness (QED) is 0.315. The summed E-state index contributed by atoms with van der Waals surface area (Å²) in [5, 5.41) is 12.8. The predicted molar refractivity (Wildman–Crippen MR) is 136 cm³/mol. The summed E-state index contributed by atoms with van der Waals surface area (Å²) in [6.07, 6.45) is 0.0874. The Hall–Kier alpha value is -4.68. The Kier molecular flexibility index (Phi) is 7.95. The number of nitrogens with zero attached hydrogens (tertiary/aromatic N) is 4. The molecular formula is C24H29N7O6. The monoisotopic (exact) mass is 511 g/mol. The number of benzene rings is 1. The molecule has 0 radical (unpaired) electrons.